The van der Waals surface area contributed by atoms with Gasteiger partial charge in [0.05, 0.1) is 5.92 Å². The van der Waals surface area contributed by atoms with Crippen molar-refractivity contribution >= 4 is 5.97 Å². The Hall–Kier alpha value is -0.570. The standard InChI is InChI=1S/C8H15NO2/c1-2-7-4-3-6(5-9-7)8(10)11/h6-7,9H,2-5H2,1H3,(H,10,11)/t6-,7+/m0/s1. The van der Waals surface area contributed by atoms with Gasteiger partial charge in [-0.05, 0) is 19.3 Å². The van der Waals surface area contributed by atoms with Gasteiger partial charge in [-0.1, -0.05) is 6.92 Å². The van der Waals surface area contributed by atoms with Crippen molar-refractivity contribution in [3.63, 3.8) is 0 Å². The van der Waals surface area contributed by atoms with Crippen molar-refractivity contribution in [2.24, 2.45) is 5.92 Å². The second-order valence-electron chi connectivity index (χ2n) is 3.13. The van der Waals surface area contributed by atoms with Crippen LogP contribution in [0.15, 0.2) is 0 Å². The molecule has 1 saturated heterocycles. The quantitative estimate of drug-likeness (QED) is 0.624. The lowest BCUT2D eigenvalue weighted by atomic mass is 9.94. The van der Waals surface area contributed by atoms with Gasteiger partial charge in [0.25, 0.3) is 0 Å². The summed E-state index contributed by atoms with van der Waals surface area (Å²) in [5, 5.41) is 11.9. The molecule has 0 bridgehead atoms. The van der Waals surface area contributed by atoms with Crippen LogP contribution in [0.1, 0.15) is 26.2 Å². The normalized spacial score (nSPS) is 31.7. The molecule has 2 atom stereocenters. The zero-order valence-corrected chi connectivity index (χ0v) is 6.84. The molecular weight excluding hydrogens is 142 g/mol. The molecule has 1 rings (SSSR count). The predicted molar refractivity (Wildman–Crippen MR) is 42.4 cm³/mol. The number of nitrogens with one attached hydrogen (secondary N) is 1. The molecule has 0 amide bonds. The van der Waals surface area contributed by atoms with Gasteiger partial charge in [-0.3, -0.25) is 4.79 Å². The largest absolute Gasteiger partial charge is 0.481 e. The minimum atomic E-state index is -0.660. The lowest BCUT2D eigenvalue weighted by Crippen LogP contribution is -2.41. The van der Waals surface area contributed by atoms with Gasteiger partial charge < -0.3 is 10.4 Å². The minimum absolute atomic E-state index is 0.155. The molecule has 3 nitrogen and oxygen atoms in total. The number of aliphatic carboxylic acids is 1. The first kappa shape index (κ1) is 8.53. The summed E-state index contributed by atoms with van der Waals surface area (Å²) in [7, 11) is 0. The highest BCUT2D eigenvalue weighted by Gasteiger charge is 2.23. The average molecular weight is 157 g/mol. The Morgan fingerprint density at radius 1 is 1.64 bits per heavy atom. The van der Waals surface area contributed by atoms with E-state index in [1.165, 1.54) is 0 Å². The van der Waals surface area contributed by atoms with Crippen LogP contribution >= 0.6 is 0 Å². The molecule has 0 saturated carbocycles. The molecular formula is C8H15NO2. The first-order chi connectivity index (χ1) is 5.24. The second kappa shape index (κ2) is 3.72. The number of hydrogen-bond donors (Lipinski definition) is 2. The molecule has 0 radical (unpaired) electrons. The fraction of sp³-hybridized carbons (Fsp3) is 0.875. The number of hydrogen-bond acceptors (Lipinski definition) is 2. The molecule has 0 aromatic rings. The number of carboxylic acid groups (broad SMARTS) is 1. The van der Waals surface area contributed by atoms with Crippen LogP contribution in [0.2, 0.25) is 0 Å². The summed E-state index contributed by atoms with van der Waals surface area (Å²) in [5.74, 6) is -0.815. The number of carboxylic acids is 1. The molecule has 64 valence electrons. The molecule has 11 heavy (non-hydrogen) atoms. The van der Waals surface area contributed by atoms with E-state index in [-0.39, 0.29) is 5.92 Å². The molecule has 0 aliphatic carbocycles. The Labute approximate surface area is 66.8 Å². The van der Waals surface area contributed by atoms with Gasteiger partial charge in [0, 0.05) is 12.6 Å². The van der Waals surface area contributed by atoms with Crippen molar-refractivity contribution in [3.8, 4) is 0 Å². The van der Waals surface area contributed by atoms with E-state index >= 15 is 0 Å². The van der Waals surface area contributed by atoms with E-state index in [0.29, 0.717) is 12.6 Å². The average Bonchev–Trinajstić information content (AvgIpc) is 2.05. The predicted octanol–water partition coefficient (Wildman–Crippen LogP) is 0.849. The zero-order chi connectivity index (χ0) is 8.27. The lowest BCUT2D eigenvalue weighted by Gasteiger charge is -2.26. The molecule has 2 N–H and O–H groups in total. The van der Waals surface area contributed by atoms with Crippen LogP contribution in [0.25, 0.3) is 0 Å². The maximum absolute atomic E-state index is 10.5. The van der Waals surface area contributed by atoms with Gasteiger partial charge in [-0.15, -0.1) is 0 Å². The molecule has 1 aliphatic heterocycles. The third-order valence-electron chi connectivity index (χ3n) is 2.36. The highest BCUT2D eigenvalue weighted by Crippen LogP contribution is 2.15. The van der Waals surface area contributed by atoms with Gasteiger partial charge in [-0.2, -0.15) is 0 Å². The van der Waals surface area contributed by atoms with Crippen LogP contribution in [-0.2, 0) is 4.79 Å². The van der Waals surface area contributed by atoms with E-state index in [4.69, 9.17) is 5.11 Å². The van der Waals surface area contributed by atoms with Crippen molar-refractivity contribution in [2.75, 3.05) is 6.54 Å². The summed E-state index contributed by atoms with van der Waals surface area (Å²) in [6.45, 7) is 2.77. The Morgan fingerprint density at radius 2 is 2.36 bits per heavy atom. The molecule has 0 unspecified atom stereocenters. The highest BCUT2D eigenvalue weighted by molar-refractivity contribution is 5.70. The number of piperidine rings is 1. The van der Waals surface area contributed by atoms with E-state index in [1.54, 1.807) is 0 Å². The van der Waals surface area contributed by atoms with Crippen molar-refractivity contribution in [3.05, 3.63) is 0 Å². The summed E-state index contributed by atoms with van der Waals surface area (Å²) < 4.78 is 0. The van der Waals surface area contributed by atoms with Crippen molar-refractivity contribution in [1.29, 1.82) is 0 Å². The SMILES string of the molecule is CC[C@@H]1CC[C@H](C(=O)O)CN1. The summed E-state index contributed by atoms with van der Waals surface area (Å²) in [6.07, 6.45) is 2.95. The van der Waals surface area contributed by atoms with Crippen LogP contribution in [0, 0.1) is 5.92 Å². The lowest BCUT2D eigenvalue weighted by molar-refractivity contribution is -0.142. The monoisotopic (exact) mass is 157 g/mol. The van der Waals surface area contributed by atoms with Crippen LogP contribution in [0.5, 0.6) is 0 Å². The van der Waals surface area contributed by atoms with Gasteiger partial charge in [0.1, 0.15) is 0 Å². The Balaban J connectivity index is 2.30. The van der Waals surface area contributed by atoms with E-state index < -0.39 is 5.97 Å². The van der Waals surface area contributed by atoms with E-state index in [2.05, 4.69) is 12.2 Å². The van der Waals surface area contributed by atoms with Gasteiger partial charge in [0.2, 0.25) is 0 Å². The number of carbonyl (C=O) groups is 1. The summed E-state index contributed by atoms with van der Waals surface area (Å²) in [4.78, 5) is 10.5. The van der Waals surface area contributed by atoms with Gasteiger partial charge in [0.15, 0.2) is 0 Å². The molecule has 0 spiro atoms. The Kier molecular flexibility index (Phi) is 2.88. The number of rotatable bonds is 2. The fourth-order valence-electron chi connectivity index (χ4n) is 1.47. The van der Waals surface area contributed by atoms with E-state index in [1.807, 2.05) is 0 Å². The first-order valence-corrected chi connectivity index (χ1v) is 4.20. The van der Waals surface area contributed by atoms with Crippen LogP contribution in [0.4, 0.5) is 0 Å². The molecule has 0 aromatic carbocycles. The van der Waals surface area contributed by atoms with E-state index in [9.17, 15) is 4.79 Å². The summed E-state index contributed by atoms with van der Waals surface area (Å²) in [6, 6.07) is 0.547. The Morgan fingerprint density at radius 3 is 2.73 bits per heavy atom. The first-order valence-electron chi connectivity index (χ1n) is 4.20. The molecule has 0 aromatic heterocycles. The van der Waals surface area contributed by atoms with Gasteiger partial charge in [-0.25, -0.2) is 0 Å². The summed E-state index contributed by atoms with van der Waals surface area (Å²) >= 11 is 0. The van der Waals surface area contributed by atoms with Crippen molar-refractivity contribution in [1.82, 2.24) is 5.32 Å². The zero-order valence-electron chi connectivity index (χ0n) is 6.84. The molecule has 1 heterocycles. The molecule has 1 fully saturated rings. The van der Waals surface area contributed by atoms with Gasteiger partial charge >= 0.3 is 5.97 Å². The smallest absolute Gasteiger partial charge is 0.307 e. The summed E-state index contributed by atoms with van der Waals surface area (Å²) in [5.41, 5.74) is 0. The third-order valence-corrected chi connectivity index (χ3v) is 2.36. The fourth-order valence-corrected chi connectivity index (χ4v) is 1.47. The van der Waals surface area contributed by atoms with Crippen LogP contribution in [-0.4, -0.2) is 23.7 Å². The molecule has 1 aliphatic rings. The molecule has 3 heteroatoms. The van der Waals surface area contributed by atoms with Crippen molar-refractivity contribution < 1.29 is 9.90 Å². The second-order valence-corrected chi connectivity index (χ2v) is 3.13. The highest BCUT2D eigenvalue weighted by atomic mass is 16.4. The third kappa shape index (κ3) is 2.19. The maximum Gasteiger partial charge on any atom is 0.307 e. The van der Waals surface area contributed by atoms with Crippen LogP contribution < -0.4 is 5.32 Å². The van der Waals surface area contributed by atoms with E-state index in [0.717, 1.165) is 19.3 Å². The van der Waals surface area contributed by atoms with Crippen LogP contribution in [0.3, 0.4) is 0 Å². The van der Waals surface area contributed by atoms with Crippen molar-refractivity contribution in [2.45, 2.75) is 32.2 Å². The minimum Gasteiger partial charge on any atom is -0.481 e. The topological polar surface area (TPSA) is 49.3 Å². The Bertz CT molecular complexity index is 139. The maximum atomic E-state index is 10.5.